The average molecular weight is 132 g/mol. The van der Waals surface area contributed by atoms with E-state index >= 15 is 0 Å². The van der Waals surface area contributed by atoms with Crippen molar-refractivity contribution in [2.24, 2.45) is 0 Å². The van der Waals surface area contributed by atoms with Crippen LogP contribution in [0.1, 0.15) is 17.7 Å². The van der Waals surface area contributed by atoms with Gasteiger partial charge in [0.05, 0.1) is 0 Å². The summed E-state index contributed by atoms with van der Waals surface area (Å²) in [6, 6.07) is 0. The van der Waals surface area contributed by atoms with Crippen molar-refractivity contribution in [3.05, 3.63) is 30.2 Å². The third-order valence-electron chi connectivity index (χ3n) is 1.74. The Morgan fingerprint density at radius 3 is 3.40 bits per heavy atom. The van der Waals surface area contributed by atoms with Crippen LogP contribution in [0.25, 0.3) is 0 Å². The Morgan fingerprint density at radius 2 is 2.50 bits per heavy atom. The molecule has 0 saturated carbocycles. The van der Waals surface area contributed by atoms with Crippen LogP contribution in [0, 0.1) is 6.42 Å². The van der Waals surface area contributed by atoms with Crippen molar-refractivity contribution in [3.63, 3.8) is 0 Å². The molecule has 0 spiro atoms. The minimum absolute atomic E-state index is 0.927. The molecule has 2 radical (unpaired) electrons. The molecular formula is C8H8N2. The first kappa shape index (κ1) is 5.83. The number of hydrogen-bond acceptors (Lipinski definition) is 2. The summed E-state index contributed by atoms with van der Waals surface area (Å²) in [6.07, 6.45) is 9.77. The van der Waals surface area contributed by atoms with Crippen LogP contribution in [0.3, 0.4) is 0 Å². The van der Waals surface area contributed by atoms with Gasteiger partial charge >= 0.3 is 0 Å². The average Bonchev–Trinajstić information content (AvgIpc) is 2.05. The topological polar surface area (TPSA) is 25.8 Å². The van der Waals surface area contributed by atoms with E-state index < -0.39 is 0 Å². The normalized spacial score (nSPS) is 16.4. The van der Waals surface area contributed by atoms with Crippen LogP contribution in [0.5, 0.6) is 0 Å². The van der Waals surface area contributed by atoms with Crippen molar-refractivity contribution in [1.29, 1.82) is 0 Å². The van der Waals surface area contributed by atoms with Gasteiger partial charge in [-0.2, -0.15) is 0 Å². The molecule has 2 heteroatoms. The van der Waals surface area contributed by atoms with Crippen LogP contribution in [-0.4, -0.2) is 9.97 Å². The van der Waals surface area contributed by atoms with E-state index in [2.05, 4.69) is 16.4 Å². The van der Waals surface area contributed by atoms with Crippen molar-refractivity contribution < 1.29 is 0 Å². The van der Waals surface area contributed by atoms with Crippen molar-refractivity contribution >= 4 is 0 Å². The zero-order chi connectivity index (χ0) is 6.81. The van der Waals surface area contributed by atoms with Crippen LogP contribution in [0.2, 0.25) is 0 Å². The quantitative estimate of drug-likeness (QED) is 0.527. The molecule has 0 aromatic carbocycles. The zero-order valence-electron chi connectivity index (χ0n) is 5.67. The summed E-state index contributed by atoms with van der Waals surface area (Å²) in [6.45, 7) is 0. The maximum absolute atomic E-state index is 4.17. The molecule has 1 aromatic rings. The number of rotatable bonds is 0. The first-order valence-corrected chi connectivity index (χ1v) is 3.45. The summed E-state index contributed by atoms with van der Waals surface area (Å²) in [7, 11) is 0. The molecule has 1 heterocycles. The number of nitrogens with zero attached hydrogens (tertiary/aromatic N) is 2. The van der Waals surface area contributed by atoms with Gasteiger partial charge in [-0.1, -0.05) is 0 Å². The molecule has 0 N–H and O–H groups in total. The molecule has 10 heavy (non-hydrogen) atoms. The van der Waals surface area contributed by atoms with E-state index in [1.807, 2.05) is 6.20 Å². The lowest BCUT2D eigenvalue weighted by Crippen LogP contribution is -2.05. The highest BCUT2D eigenvalue weighted by Crippen LogP contribution is 2.15. The maximum Gasteiger partial charge on any atom is 0.115 e. The van der Waals surface area contributed by atoms with Gasteiger partial charge in [0, 0.05) is 11.9 Å². The fourth-order valence-corrected chi connectivity index (χ4v) is 1.19. The molecule has 0 saturated heterocycles. The SMILES string of the molecule is [C]1CCc2ncncc2C1. The van der Waals surface area contributed by atoms with Crippen molar-refractivity contribution in [2.75, 3.05) is 0 Å². The van der Waals surface area contributed by atoms with Gasteiger partial charge in [-0.15, -0.1) is 0 Å². The molecule has 0 atom stereocenters. The number of aryl methyl sites for hydroxylation is 1. The van der Waals surface area contributed by atoms with Crippen LogP contribution < -0.4 is 0 Å². The fourth-order valence-electron chi connectivity index (χ4n) is 1.19. The lowest BCUT2D eigenvalue weighted by molar-refractivity contribution is 0.783. The molecule has 1 aliphatic rings. The minimum Gasteiger partial charge on any atom is -0.245 e. The highest BCUT2D eigenvalue weighted by molar-refractivity contribution is 5.21. The molecule has 0 bridgehead atoms. The summed E-state index contributed by atoms with van der Waals surface area (Å²) in [5.74, 6) is 0. The van der Waals surface area contributed by atoms with E-state index in [0.29, 0.717) is 0 Å². The van der Waals surface area contributed by atoms with Gasteiger partial charge in [0.1, 0.15) is 6.33 Å². The molecule has 50 valence electrons. The summed E-state index contributed by atoms with van der Waals surface area (Å²) in [5.41, 5.74) is 2.45. The molecule has 0 amide bonds. The van der Waals surface area contributed by atoms with Gasteiger partial charge in [-0.25, -0.2) is 9.97 Å². The summed E-state index contributed by atoms with van der Waals surface area (Å²) < 4.78 is 0. The number of hydrogen-bond donors (Lipinski definition) is 0. The lowest BCUT2D eigenvalue weighted by Gasteiger charge is -2.11. The first-order valence-electron chi connectivity index (χ1n) is 3.45. The molecular weight excluding hydrogens is 124 g/mol. The zero-order valence-corrected chi connectivity index (χ0v) is 5.67. The predicted octanol–water partition coefficient (Wildman–Crippen LogP) is 1.05. The van der Waals surface area contributed by atoms with Crippen molar-refractivity contribution in [1.82, 2.24) is 9.97 Å². The lowest BCUT2D eigenvalue weighted by atomic mass is 9.98. The molecule has 2 nitrogen and oxygen atoms in total. The van der Waals surface area contributed by atoms with Gasteiger partial charge in [-0.3, -0.25) is 0 Å². The smallest absolute Gasteiger partial charge is 0.115 e. The Kier molecular flexibility index (Phi) is 1.38. The summed E-state index contributed by atoms with van der Waals surface area (Å²) in [5, 5.41) is 0. The van der Waals surface area contributed by atoms with Crippen LogP contribution >= 0.6 is 0 Å². The Morgan fingerprint density at radius 1 is 1.50 bits per heavy atom. The van der Waals surface area contributed by atoms with E-state index in [0.717, 1.165) is 19.3 Å². The Balaban J connectivity index is 2.41. The van der Waals surface area contributed by atoms with E-state index in [1.54, 1.807) is 6.33 Å². The molecule has 0 unspecified atom stereocenters. The monoisotopic (exact) mass is 132 g/mol. The van der Waals surface area contributed by atoms with E-state index in [1.165, 1.54) is 11.3 Å². The second-order valence-electron chi connectivity index (χ2n) is 2.42. The van der Waals surface area contributed by atoms with Crippen LogP contribution in [-0.2, 0) is 12.8 Å². The standard InChI is InChI=1S/C8H8N2/c1-2-4-8-7(3-1)5-9-6-10-8/h5-6H,2-4H2. The second kappa shape index (κ2) is 2.37. The van der Waals surface area contributed by atoms with Gasteiger partial charge in [0.25, 0.3) is 0 Å². The molecule has 1 aromatic heterocycles. The largest absolute Gasteiger partial charge is 0.245 e. The van der Waals surface area contributed by atoms with Crippen molar-refractivity contribution in [3.8, 4) is 0 Å². The van der Waals surface area contributed by atoms with Crippen LogP contribution in [0.15, 0.2) is 12.5 Å². The fraction of sp³-hybridized carbons (Fsp3) is 0.375. The van der Waals surface area contributed by atoms with E-state index in [4.69, 9.17) is 0 Å². The van der Waals surface area contributed by atoms with Gasteiger partial charge in [0.15, 0.2) is 0 Å². The first-order chi connectivity index (χ1) is 4.97. The molecule has 1 aliphatic carbocycles. The van der Waals surface area contributed by atoms with Gasteiger partial charge in [0.2, 0.25) is 0 Å². The predicted molar refractivity (Wildman–Crippen MR) is 37.3 cm³/mol. The highest BCUT2D eigenvalue weighted by Gasteiger charge is 2.08. The molecule has 2 rings (SSSR count). The van der Waals surface area contributed by atoms with Crippen molar-refractivity contribution in [2.45, 2.75) is 19.3 Å². The summed E-state index contributed by atoms with van der Waals surface area (Å²) >= 11 is 0. The second-order valence-corrected chi connectivity index (χ2v) is 2.42. The minimum atomic E-state index is 0.927. The number of aromatic nitrogens is 2. The third kappa shape index (κ3) is 0.897. The van der Waals surface area contributed by atoms with E-state index in [-0.39, 0.29) is 0 Å². The third-order valence-corrected chi connectivity index (χ3v) is 1.74. The Bertz CT molecular complexity index is 207. The Hall–Kier alpha value is -0.920. The van der Waals surface area contributed by atoms with Gasteiger partial charge < -0.3 is 0 Å². The summed E-state index contributed by atoms with van der Waals surface area (Å²) in [4.78, 5) is 8.12. The van der Waals surface area contributed by atoms with E-state index in [9.17, 15) is 0 Å². The van der Waals surface area contributed by atoms with Gasteiger partial charge in [-0.05, 0) is 31.2 Å². The molecule has 0 fully saturated rings. The molecule has 0 aliphatic heterocycles. The highest BCUT2D eigenvalue weighted by atomic mass is 14.8. The maximum atomic E-state index is 4.17. The number of fused-ring (bicyclic) bond motifs is 1. The Labute approximate surface area is 60.3 Å². The van der Waals surface area contributed by atoms with Crippen LogP contribution in [0.4, 0.5) is 0 Å².